The smallest absolute Gasteiger partial charge is 0.143 e. The second-order valence-electron chi connectivity index (χ2n) is 16.8. The van der Waals surface area contributed by atoms with Crippen LogP contribution in [0.15, 0.2) is 193 Å². The molecule has 0 saturated heterocycles. The van der Waals surface area contributed by atoms with Gasteiger partial charge in [-0.15, -0.1) is 0 Å². The van der Waals surface area contributed by atoms with E-state index in [1.165, 1.54) is 66.8 Å². The lowest BCUT2D eigenvalue weighted by atomic mass is 9.70. The Morgan fingerprint density at radius 1 is 0.467 bits per heavy atom. The van der Waals surface area contributed by atoms with Gasteiger partial charge in [-0.2, -0.15) is 0 Å². The van der Waals surface area contributed by atoms with E-state index in [-0.39, 0.29) is 5.41 Å². The number of rotatable bonds is 6. The van der Waals surface area contributed by atoms with Crippen LogP contribution in [0.4, 0.5) is 17.1 Å². The molecule has 1 spiro atoms. The molecule has 0 atom stereocenters. The van der Waals surface area contributed by atoms with Gasteiger partial charge in [-0.25, -0.2) is 0 Å². The molecule has 0 amide bonds. The molecule has 0 saturated carbocycles. The van der Waals surface area contributed by atoms with Crippen molar-refractivity contribution in [1.82, 2.24) is 0 Å². The number of anilines is 3. The maximum Gasteiger partial charge on any atom is 0.143 e. The molecule has 284 valence electrons. The van der Waals surface area contributed by atoms with Gasteiger partial charge < -0.3 is 9.32 Å². The Balaban J connectivity index is 1.10. The SMILES string of the molecule is C=Cc1oc2c(-c3ccc(N(c4ccc5c(c4)C(C)(C)c4ccccc4-5)c4cccc5c4-c4ccccc4C54c5ccccc5-c5ccccc54)cc3)cccc2c1C=C. The fourth-order valence-electron chi connectivity index (χ4n) is 11.1. The average molecular weight is 768 g/mol. The maximum atomic E-state index is 6.41. The Kier molecular flexibility index (Phi) is 7.23. The summed E-state index contributed by atoms with van der Waals surface area (Å²) >= 11 is 0. The van der Waals surface area contributed by atoms with Gasteiger partial charge in [0, 0.05) is 38.9 Å². The molecule has 1 aromatic heterocycles. The highest BCUT2D eigenvalue weighted by atomic mass is 16.3. The van der Waals surface area contributed by atoms with Crippen LogP contribution in [-0.4, -0.2) is 0 Å². The number of hydrogen-bond donors (Lipinski definition) is 0. The third-order valence-corrected chi connectivity index (χ3v) is 13.7. The number of fused-ring (bicyclic) bond motifs is 14. The Bertz CT molecular complexity index is 3240. The monoisotopic (exact) mass is 767 g/mol. The van der Waals surface area contributed by atoms with Gasteiger partial charge in [0.15, 0.2) is 0 Å². The van der Waals surface area contributed by atoms with E-state index in [1.807, 2.05) is 6.08 Å². The van der Waals surface area contributed by atoms with Crippen LogP contribution in [0.25, 0.3) is 67.6 Å². The van der Waals surface area contributed by atoms with Crippen molar-refractivity contribution in [3.63, 3.8) is 0 Å². The largest absolute Gasteiger partial charge is 0.455 e. The Hall–Kier alpha value is -7.42. The topological polar surface area (TPSA) is 16.4 Å². The van der Waals surface area contributed by atoms with E-state index in [9.17, 15) is 0 Å². The molecule has 1 heterocycles. The molecule has 2 heteroatoms. The Labute approximate surface area is 351 Å². The predicted molar refractivity (Wildman–Crippen MR) is 250 cm³/mol. The summed E-state index contributed by atoms with van der Waals surface area (Å²) in [7, 11) is 0. The first-order chi connectivity index (χ1) is 29.4. The van der Waals surface area contributed by atoms with Gasteiger partial charge in [0.25, 0.3) is 0 Å². The van der Waals surface area contributed by atoms with Gasteiger partial charge in [0.2, 0.25) is 0 Å². The summed E-state index contributed by atoms with van der Waals surface area (Å²) in [6.45, 7) is 12.8. The van der Waals surface area contributed by atoms with E-state index >= 15 is 0 Å². The fraction of sp³-hybridized carbons (Fsp3) is 0.0690. The molecular weight excluding hydrogens is 727 g/mol. The number of benzene rings is 8. The maximum absolute atomic E-state index is 6.41. The van der Waals surface area contributed by atoms with Crippen molar-refractivity contribution < 1.29 is 4.42 Å². The summed E-state index contributed by atoms with van der Waals surface area (Å²) < 4.78 is 6.41. The van der Waals surface area contributed by atoms with Gasteiger partial charge in [-0.3, -0.25) is 0 Å². The number of furan rings is 1. The highest BCUT2D eigenvalue weighted by Gasteiger charge is 2.52. The Morgan fingerprint density at radius 3 is 1.67 bits per heavy atom. The van der Waals surface area contributed by atoms with Crippen LogP contribution in [0, 0.1) is 0 Å². The number of hydrogen-bond acceptors (Lipinski definition) is 2. The molecule has 0 radical (unpaired) electrons. The third kappa shape index (κ3) is 4.43. The first-order valence-corrected chi connectivity index (χ1v) is 20.8. The molecule has 8 aromatic carbocycles. The summed E-state index contributed by atoms with van der Waals surface area (Å²) in [5.41, 5.74) is 22.5. The molecular formula is C58H41NO. The van der Waals surface area contributed by atoms with E-state index in [0.29, 0.717) is 0 Å². The molecule has 0 fully saturated rings. The first kappa shape index (κ1) is 34.6. The number of nitrogens with zero attached hydrogens (tertiary/aromatic N) is 1. The van der Waals surface area contributed by atoms with Crippen LogP contribution in [0.5, 0.6) is 0 Å². The molecule has 0 bridgehead atoms. The second-order valence-corrected chi connectivity index (χ2v) is 16.8. The standard InChI is InChI=1S/C58H41NO/c1-5-39-45-22-15-21-40(56(45)60-54(39)6-2)36-29-31-37(32-30-36)59(38-33-34-44-41-17-7-11-23-47(41)57(3,4)52(44)35-38)53-28-16-27-51-55(53)46-20-10-14-26-50(46)58(51)48-24-12-8-18-42(48)43-19-9-13-25-49(43)58/h5-35H,1-2H2,3-4H3. The van der Waals surface area contributed by atoms with Crippen LogP contribution in [-0.2, 0) is 10.8 Å². The van der Waals surface area contributed by atoms with Crippen molar-refractivity contribution in [1.29, 1.82) is 0 Å². The minimum Gasteiger partial charge on any atom is -0.455 e. The van der Waals surface area contributed by atoms with Gasteiger partial charge in [0.05, 0.1) is 11.1 Å². The van der Waals surface area contributed by atoms with Crippen LogP contribution >= 0.6 is 0 Å². The zero-order valence-corrected chi connectivity index (χ0v) is 33.7. The van der Waals surface area contributed by atoms with Gasteiger partial charge >= 0.3 is 0 Å². The fourth-order valence-corrected chi connectivity index (χ4v) is 11.1. The van der Waals surface area contributed by atoms with Crippen molar-refractivity contribution in [2.45, 2.75) is 24.7 Å². The summed E-state index contributed by atoms with van der Waals surface area (Å²) in [4.78, 5) is 2.49. The van der Waals surface area contributed by atoms with Gasteiger partial charge in [0.1, 0.15) is 11.3 Å². The normalized spacial score (nSPS) is 14.2. The highest BCUT2D eigenvalue weighted by Crippen LogP contribution is 2.65. The molecule has 0 N–H and O–H groups in total. The van der Waals surface area contributed by atoms with Crippen molar-refractivity contribution in [2.75, 3.05) is 4.90 Å². The Morgan fingerprint density at radius 2 is 1.00 bits per heavy atom. The molecule has 60 heavy (non-hydrogen) atoms. The molecule has 0 aliphatic heterocycles. The van der Waals surface area contributed by atoms with Crippen LogP contribution in [0.1, 0.15) is 58.6 Å². The molecule has 0 unspecified atom stereocenters. The predicted octanol–water partition coefficient (Wildman–Crippen LogP) is 15.5. The minimum absolute atomic E-state index is 0.152. The molecule has 3 aliphatic rings. The van der Waals surface area contributed by atoms with Crippen LogP contribution < -0.4 is 4.90 Å². The molecule has 9 aromatic rings. The van der Waals surface area contributed by atoms with E-state index in [2.05, 4.69) is 208 Å². The van der Waals surface area contributed by atoms with Crippen molar-refractivity contribution in [3.05, 3.63) is 234 Å². The average Bonchev–Trinajstić information content (AvgIpc) is 3.99. The summed E-state index contributed by atoms with van der Waals surface area (Å²) in [5, 5.41) is 1.03. The van der Waals surface area contributed by atoms with E-state index in [4.69, 9.17) is 4.42 Å². The quantitative estimate of drug-likeness (QED) is 0.168. The zero-order chi connectivity index (χ0) is 40.3. The first-order valence-electron chi connectivity index (χ1n) is 20.8. The van der Waals surface area contributed by atoms with Crippen molar-refractivity contribution in [3.8, 4) is 44.5 Å². The molecule has 12 rings (SSSR count). The minimum atomic E-state index is -0.442. The lowest BCUT2D eigenvalue weighted by Gasteiger charge is -2.32. The summed E-state index contributed by atoms with van der Waals surface area (Å²) in [5.74, 6) is 0.737. The van der Waals surface area contributed by atoms with Crippen molar-refractivity contribution >= 4 is 40.2 Å². The third-order valence-electron chi connectivity index (χ3n) is 13.7. The van der Waals surface area contributed by atoms with Crippen LogP contribution in [0.2, 0.25) is 0 Å². The highest BCUT2D eigenvalue weighted by molar-refractivity contribution is 6.02. The summed E-state index contributed by atoms with van der Waals surface area (Å²) in [6.07, 6.45) is 3.62. The van der Waals surface area contributed by atoms with E-state index in [1.54, 1.807) is 6.08 Å². The lowest BCUT2D eigenvalue weighted by molar-refractivity contribution is 0.604. The van der Waals surface area contributed by atoms with E-state index in [0.717, 1.165) is 50.5 Å². The summed E-state index contributed by atoms with van der Waals surface area (Å²) in [6, 6.07) is 65.4. The van der Waals surface area contributed by atoms with Crippen LogP contribution in [0.3, 0.4) is 0 Å². The van der Waals surface area contributed by atoms with Gasteiger partial charge in [-0.05, 0) is 103 Å². The van der Waals surface area contributed by atoms with Crippen molar-refractivity contribution in [2.24, 2.45) is 0 Å². The molecule has 2 nitrogen and oxygen atoms in total. The van der Waals surface area contributed by atoms with Gasteiger partial charge in [-0.1, -0.05) is 179 Å². The lowest BCUT2D eigenvalue weighted by Crippen LogP contribution is -2.26. The zero-order valence-electron chi connectivity index (χ0n) is 33.7. The molecule has 3 aliphatic carbocycles. The van der Waals surface area contributed by atoms with E-state index < -0.39 is 5.41 Å². The number of para-hydroxylation sites is 1. The second kappa shape index (κ2) is 12.5.